The van der Waals surface area contributed by atoms with E-state index in [2.05, 4.69) is 10.6 Å². The van der Waals surface area contributed by atoms with Gasteiger partial charge in [-0.15, -0.1) is 0 Å². The summed E-state index contributed by atoms with van der Waals surface area (Å²) < 4.78 is 0. The highest BCUT2D eigenvalue weighted by Gasteiger charge is 2.08. The molecule has 0 saturated carbocycles. The Morgan fingerprint density at radius 2 is 1.95 bits per heavy atom. The number of rotatable bonds is 5. The molecule has 3 nitrogen and oxygen atoms in total. The van der Waals surface area contributed by atoms with Crippen LogP contribution in [0.15, 0.2) is 48.5 Å². The normalized spacial score (nSPS) is 10.3. The summed E-state index contributed by atoms with van der Waals surface area (Å²) in [7, 11) is 0. The van der Waals surface area contributed by atoms with Crippen molar-refractivity contribution in [2.75, 3.05) is 11.9 Å². The molecule has 0 radical (unpaired) electrons. The van der Waals surface area contributed by atoms with Crippen molar-refractivity contribution in [2.24, 2.45) is 0 Å². The second-order valence-corrected chi connectivity index (χ2v) is 4.84. The van der Waals surface area contributed by atoms with Crippen molar-refractivity contribution in [3.63, 3.8) is 0 Å². The Morgan fingerprint density at radius 1 is 1.15 bits per heavy atom. The lowest BCUT2D eigenvalue weighted by Gasteiger charge is -2.11. The quantitative estimate of drug-likeness (QED) is 0.881. The summed E-state index contributed by atoms with van der Waals surface area (Å²) in [6.07, 6.45) is 0. The average Bonchev–Trinajstić information content (AvgIpc) is 2.46. The lowest BCUT2D eigenvalue weighted by molar-refractivity contribution is 0.102. The minimum absolute atomic E-state index is 0.156. The Bertz CT molecular complexity index is 599. The molecule has 2 aromatic rings. The van der Waals surface area contributed by atoms with E-state index in [9.17, 15) is 4.79 Å². The number of para-hydroxylation sites is 1. The summed E-state index contributed by atoms with van der Waals surface area (Å²) in [5.74, 6) is -0.156. The molecule has 0 bridgehead atoms. The Balaban J connectivity index is 2.15. The summed E-state index contributed by atoms with van der Waals surface area (Å²) >= 11 is 5.90. The van der Waals surface area contributed by atoms with Crippen LogP contribution in [0.4, 0.5) is 5.69 Å². The number of amides is 1. The molecule has 0 aliphatic heterocycles. The summed E-state index contributed by atoms with van der Waals surface area (Å²) in [6, 6.07) is 14.7. The zero-order valence-electron chi connectivity index (χ0n) is 11.3. The van der Waals surface area contributed by atoms with Crippen LogP contribution in [-0.2, 0) is 6.54 Å². The molecule has 2 N–H and O–H groups in total. The monoisotopic (exact) mass is 288 g/mol. The number of hydrogen-bond acceptors (Lipinski definition) is 2. The number of carbonyl (C=O) groups is 1. The second-order valence-electron chi connectivity index (χ2n) is 4.40. The molecule has 1 amide bonds. The summed E-state index contributed by atoms with van der Waals surface area (Å²) in [6.45, 7) is 3.66. The van der Waals surface area contributed by atoms with Crippen molar-refractivity contribution in [3.05, 3.63) is 64.7 Å². The molecule has 0 aromatic heterocycles. The van der Waals surface area contributed by atoms with Gasteiger partial charge in [0, 0.05) is 22.8 Å². The van der Waals surface area contributed by atoms with Crippen LogP contribution in [0.2, 0.25) is 5.02 Å². The van der Waals surface area contributed by atoms with Crippen molar-refractivity contribution in [1.82, 2.24) is 5.32 Å². The smallest absolute Gasteiger partial charge is 0.255 e. The lowest BCUT2D eigenvalue weighted by atomic mass is 10.1. The van der Waals surface area contributed by atoms with Crippen LogP contribution in [-0.4, -0.2) is 12.5 Å². The molecule has 0 atom stereocenters. The molecule has 0 saturated heterocycles. The largest absolute Gasteiger partial charge is 0.322 e. The molecule has 2 aromatic carbocycles. The second kappa shape index (κ2) is 7.08. The minimum atomic E-state index is -0.156. The first-order valence-electron chi connectivity index (χ1n) is 6.56. The minimum Gasteiger partial charge on any atom is -0.322 e. The first kappa shape index (κ1) is 14.6. The Hall–Kier alpha value is -1.84. The van der Waals surface area contributed by atoms with Gasteiger partial charge in [0.25, 0.3) is 5.91 Å². The van der Waals surface area contributed by atoms with Crippen LogP contribution in [0, 0.1) is 0 Å². The molecule has 4 heteroatoms. The predicted octanol–water partition coefficient (Wildman–Crippen LogP) is 3.70. The van der Waals surface area contributed by atoms with Crippen LogP contribution in [0.1, 0.15) is 22.8 Å². The van der Waals surface area contributed by atoms with E-state index >= 15 is 0 Å². The highest BCUT2D eigenvalue weighted by molar-refractivity contribution is 6.31. The number of anilines is 1. The van der Waals surface area contributed by atoms with E-state index < -0.39 is 0 Å². The van der Waals surface area contributed by atoms with Gasteiger partial charge in [0.05, 0.1) is 0 Å². The fourth-order valence-electron chi connectivity index (χ4n) is 1.88. The van der Waals surface area contributed by atoms with Crippen LogP contribution < -0.4 is 10.6 Å². The zero-order chi connectivity index (χ0) is 14.4. The Morgan fingerprint density at radius 3 is 2.70 bits per heavy atom. The lowest BCUT2D eigenvalue weighted by Crippen LogP contribution is -2.17. The van der Waals surface area contributed by atoms with E-state index in [1.807, 2.05) is 31.2 Å². The van der Waals surface area contributed by atoms with Gasteiger partial charge in [-0.1, -0.05) is 42.8 Å². The molecule has 104 valence electrons. The van der Waals surface area contributed by atoms with E-state index in [0.717, 1.165) is 24.3 Å². The Kier molecular flexibility index (Phi) is 5.16. The average molecular weight is 289 g/mol. The maximum Gasteiger partial charge on any atom is 0.255 e. The van der Waals surface area contributed by atoms with Crippen LogP contribution in [0.3, 0.4) is 0 Å². The van der Waals surface area contributed by atoms with Gasteiger partial charge >= 0.3 is 0 Å². The molecule has 0 heterocycles. The van der Waals surface area contributed by atoms with Crippen molar-refractivity contribution in [1.29, 1.82) is 0 Å². The molecular formula is C16H17ClN2O. The van der Waals surface area contributed by atoms with E-state index in [4.69, 9.17) is 11.6 Å². The molecule has 2 rings (SSSR count). The topological polar surface area (TPSA) is 41.1 Å². The highest BCUT2D eigenvalue weighted by Crippen LogP contribution is 2.17. The fourth-order valence-corrected chi connectivity index (χ4v) is 2.07. The number of benzene rings is 2. The molecule has 0 unspecified atom stereocenters. The third kappa shape index (κ3) is 3.83. The van der Waals surface area contributed by atoms with Crippen LogP contribution in [0.5, 0.6) is 0 Å². The first-order chi connectivity index (χ1) is 9.70. The van der Waals surface area contributed by atoms with Crippen molar-refractivity contribution < 1.29 is 4.79 Å². The van der Waals surface area contributed by atoms with Crippen LogP contribution >= 0.6 is 11.6 Å². The third-order valence-corrected chi connectivity index (χ3v) is 3.15. The van der Waals surface area contributed by atoms with E-state index in [-0.39, 0.29) is 5.91 Å². The van der Waals surface area contributed by atoms with Gasteiger partial charge in [0.15, 0.2) is 0 Å². The number of nitrogens with one attached hydrogen (secondary N) is 2. The van der Waals surface area contributed by atoms with E-state index in [1.54, 1.807) is 24.3 Å². The maximum atomic E-state index is 12.2. The zero-order valence-corrected chi connectivity index (χ0v) is 12.1. The molecule has 0 aliphatic rings. The summed E-state index contributed by atoms with van der Waals surface area (Å²) in [4.78, 5) is 12.2. The summed E-state index contributed by atoms with van der Waals surface area (Å²) in [5, 5.41) is 6.73. The number of carbonyl (C=O) groups excluding carboxylic acids is 1. The van der Waals surface area contributed by atoms with Gasteiger partial charge in [-0.05, 0) is 36.4 Å². The molecule has 20 heavy (non-hydrogen) atoms. The molecule has 0 aliphatic carbocycles. The Labute approximate surface area is 124 Å². The number of hydrogen-bond donors (Lipinski definition) is 2. The standard InChI is InChI=1S/C16H17ClN2O/c1-2-18-11-13-6-3-4-9-15(13)19-16(20)12-7-5-8-14(17)10-12/h3-10,18H,2,11H2,1H3,(H,19,20). The van der Waals surface area contributed by atoms with Crippen LogP contribution in [0.25, 0.3) is 0 Å². The van der Waals surface area contributed by atoms with Gasteiger partial charge in [0.2, 0.25) is 0 Å². The van der Waals surface area contributed by atoms with Gasteiger partial charge in [-0.25, -0.2) is 0 Å². The molecular weight excluding hydrogens is 272 g/mol. The van der Waals surface area contributed by atoms with Crippen molar-refractivity contribution in [2.45, 2.75) is 13.5 Å². The highest BCUT2D eigenvalue weighted by atomic mass is 35.5. The number of halogens is 1. The van der Waals surface area contributed by atoms with E-state index in [0.29, 0.717) is 10.6 Å². The fraction of sp³-hybridized carbons (Fsp3) is 0.188. The van der Waals surface area contributed by atoms with Gasteiger partial charge < -0.3 is 10.6 Å². The van der Waals surface area contributed by atoms with Crippen molar-refractivity contribution >= 4 is 23.2 Å². The van der Waals surface area contributed by atoms with Gasteiger partial charge in [-0.2, -0.15) is 0 Å². The van der Waals surface area contributed by atoms with Crippen molar-refractivity contribution in [3.8, 4) is 0 Å². The third-order valence-electron chi connectivity index (χ3n) is 2.92. The van der Waals surface area contributed by atoms with Gasteiger partial charge in [0.1, 0.15) is 0 Å². The summed E-state index contributed by atoms with van der Waals surface area (Å²) in [5.41, 5.74) is 2.43. The SMILES string of the molecule is CCNCc1ccccc1NC(=O)c1cccc(Cl)c1. The van der Waals surface area contributed by atoms with E-state index in [1.165, 1.54) is 0 Å². The molecule has 0 spiro atoms. The predicted molar refractivity (Wildman–Crippen MR) is 83.2 cm³/mol. The first-order valence-corrected chi connectivity index (χ1v) is 6.94. The maximum absolute atomic E-state index is 12.2. The molecule has 0 fully saturated rings. The van der Waals surface area contributed by atoms with Gasteiger partial charge in [-0.3, -0.25) is 4.79 Å².